The Hall–Kier alpha value is -1.97. The first-order chi connectivity index (χ1) is 9.19. The second-order valence-electron chi connectivity index (χ2n) is 4.68. The molecule has 19 heavy (non-hydrogen) atoms. The van der Waals surface area contributed by atoms with E-state index in [-0.39, 0.29) is 0 Å². The van der Waals surface area contributed by atoms with E-state index in [9.17, 15) is 0 Å². The lowest BCUT2D eigenvalue weighted by Crippen LogP contribution is -2.17. The van der Waals surface area contributed by atoms with Crippen molar-refractivity contribution >= 4 is 11.6 Å². The van der Waals surface area contributed by atoms with Gasteiger partial charge in [-0.15, -0.1) is 0 Å². The molecule has 102 valence electrons. The molecule has 0 spiro atoms. The second kappa shape index (κ2) is 6.27. The van der Waals surface area contributed by atoms with Gasteiger partial charge in [-0.05, 0) is 37.6 Å². The third-order valence-electron chi connectivity index (χ3n) is 2.87. The minimum absolute atomic E-state index is 0.720. The van der Waals surface area contributed by atoms with Gasteiger partial charge in [-0.3, -0.25) is 0 Å². The van der Waals surface area contributed by atoms with E-state index in [2.05, 4.69) is 22.1 Å². The average Bonchev–Trinajstić information content (AvgIpc) is 2.82. The standard InChI is InChI=1S/C15H21N3O/c1-4-10-16-14-6-5-7-15(17-14)18(3)11-13-9-8-12(2)19-13/h5-9H,4,10-11H2,1-3H3,(H,16,17). The summed E-state index contributed by atoms with van der Waals surface area (Å²) in [6, 6.07) is 10.0. The van der Waals surface area contributed by atoms with Gasteiger partial charge in [0.15, 0.2) is 0 Å². The van der Waals surface area contributed by atoms with Crippen molar-refractivity contribution < 1.29 is 4.42 Å². The molecule has 2 heterocycles. The molecule has 1 N–H and O–H groups in total. The van der Waals surface area contributed by atoms with Crippen molar-refractivity contribution in [1.82, 2.24) is 4.98 Å². The zero-order valence-electron chi connectivity index (χ0n) is 11.8. The van der Waals surface area contributed by atoms with E-state index in [1.807, 2.05) is 44.3 Å². The number of aryl methyl sites for hydroxylation is 1. The Balaban J connectivity index is 2.03. The molecule has 0 aliphatic heterocycles. The topological polar surface area (TPSA) is 41.3 Å². The molecule has 0 saturated carbocycles. The zero-order chi connectivity index (χ0) is 13.7. The number of anilines is 2. The number of pyridine rings is 1. The maximum Gasteiger partial charge on any atom is 0.131 e. The first-order valence-corrected chi connectivity index (χ1v) is 6.66. The molecule has 4 heteroatoms. The van der Waals surface area contributed by atoms with Crippen molar-refractivity contribution in [1.29, 1.82) is 0 Å². The Kier molecular flexibility index (Phi) is 4.44. The van der Waals surface area contributed by atoms with Crippen molar-refractivity contribution in [3.05, 3.63) is 41.9 Å². The lowest BCUT2D eigenvalue weighted by Gasteiger charge is -2.17. The molecule has 0 bridgehead atoms. The second-order valence-corrected chi connectivity index (χ2v) is 4.68. The number of nitrogens with zero attached hydrogens (tertiary/aromatic N) is 2. The van der Waals surface area contributed by atoms with Crippen molar-refractivity contribution in [3.63, 3.8) is 0 Å². The number of rotatable bonds is 6. The van der Waals surface area contributed by atoms with Crippen molar-refractivity contribution in [3.8, 4) is 0 Å². The van der Waals surface area contributed by atoms with Crippen LogP contribution in [0.3, 0.4) is 0 Å². The van der Waals surface area contributed by atoms with Gasteiger partial charge in [0.05, 0.1) is 6.54 Å². The maximum atomic E-state index is 5.59. The van der Waals surface area contributed by atoms with Gasteiger partial charge in [-0.1, -0.05) is 13.0 Å². The fourth-order valence-electron chi connectivity index (χ4n) is 1.87. The predicted octanol–water partition coefficient (Wildman–Crippen LogP) is 3.44. The molecular formula is C15H21N3O. The van der Waals surface area contributed by atoms with Crippen LogP contribution >= 0.6 is 0 Å². The van der Waals surface area contributed by atoms with Crippen LogP contribution in [0.5, 0.6) is 0 Å². The fraction of sp³-hybridized carbons (Fsp3) is 0.400. The molecule has 0 fully saturated rings. The van der Waals surface area contributed by atoms with Gasteiger partial charge in [0.25, 0.3) is 0 Å². The molecule has 0 aliphatic rings. The van der Waals surface area contributed by atoms with Crippen molar-refractivity contribution in [2.75, 3.05) is 23.8 Å². The van der Waals surface area contributed by atoms with Gasteiger partial charge in [0, 0.05) is 13.6 Å². The Labute approximate surface area is 114 Å². The molecule has 2 rings (SSSR count). The molecule has 4 nitrogen and oxygen atoms in total. The molecule has 0 aromatic carbocycles. The maximum absolute atomic E-state index is 5.59. The monoisotopic (exact) mass is 259 g/mol. The van der Waals surface area contributed by atoms with Gasteiger partial charge in [0.2, 0.25) is 0 Å². The van der Waals surface area contributed by atoms with Crippen LogP contribution in [-0.2, 0) is 6.54 Å². The van der Waals surface area contributed by atoms with E-state index >= 15 is 0 Å². The van der Waals surface area contributed by atoms with E-state index in [4.69, 9.17) is 4.42 Å². The van der Waals surface area contributed by atoms with Crippen molar-refractivity contribution in [2.24, 2.45) is 0 Å². The third kappa shape index (κ3) is 3.74. The van der Waals surface area contributed by atoms with Crippen molar-refractivity contribution in [2.45, 2.75) is 26.8 Å². The summed E-state index contributed by atoms with van der Waals surface area (Å²) in [5, 5.41) is 3.30. The Morgan fingerprint density at radius 3 is 2.79 bits per heavy atom. The van der Waals surface area contributed by atoms with Crippen LogP contribution in [0.4, 0.5) is 11.6 Å². The number of hydrogen-bond donors (Lipinski definition) is 1. The highest BCUT2D eigenvalue weighted by Crippen LogP contribution is 2.16. The lowest BCUT2D eigenvalue weighted by molar-refractivity contribution is 0.481. The average molecular weight is 259 g/mol. The zero-order valence-corrected chi connectivity index (χ0v) is 11.8. The number of aromatic nitrogens is 1. The first-order valence-electron chi connectivity index (χ1n) is 6.66. The molecule has 0 amide bonds. The Bertz CT molecular complexity index is 522. The highest BCUT2D eigenvalue weighted by atomic mass is 16.3. The minimum Gasteiger partial charge on any atom is -0.464 e. The number of hydrogen-bond acceptors (Lipinski definition) is 4. The van der Waals surface area contributed by atoms with Crippen LogP contribution in [0.15, 0.2) is 34.7 Å². The van der Waals surface area contributed by atoms with Gasteiger partial charge in [0.1, 0.15) is 23.2 Å². The van der Waals surface area contributed by atoms with Gasteiger partial charge in [-0.25, -0.2) is 4.98 Å². The van der Waals surface area contributed by atoms with Crippen LogP contribution in [0, 0.1) is 6.92 Å². The van der Waals surface area contributed by atoms with Gasteiger partial charge in [-0.2, -0.15) is 0 Å². The SMILES string of the molecule is CCCNc1cccc(N(C)Cc2ccc(C)o2)n1. The predicted molar refractivity (Wildman–Crippen MR) is 78.6 cm³/mol. The van der Waals surface area contributed by atoms with E-state index in [0.29, 0.717) is 0 Å². The van der Waals surface area contributed by atoms with E-state index in [1.54, 1.807) is 0 Å². The lowest BCUT2D eigenvalue weighted by atomic mass is 10.3. The summed E-state index contributed by atoms with van der Waals surface area (Å²) in [6.07, 6.45) is 1.09. The molecule has 0 unspecified atom stereocenters. The third-order valence-corrected chi connectivity index (χ3v) is 2.87. The van der Waals surface area contributed by atoms with E-state index in [0.717, 1.165) is 42.7 Å². The van der Waals surface area contributed by atoms with E-state index < -0.39 is 0 Å². The van der Waals surface area contributed by atoms with Crippen LogP contribution in [0.2, 0.25) is 0 Å². The molecule has 0 atom stereocenters. The minimum atomic E-state index is 0.720. The smallest absolute Gasteiger partial charge is 0.131 e. The summed E-state index contributed by atoms with van der Waals surface area (Å²) in [7, 11) is 2.02. The van der Waals surface area contributed by atoms with Crippen LogP contribution in [0.25, 0.3) is 0 Å². The van der Waals surface area contributed by atoms with Gasteiger partial charge >= 0.3 is 0 Å². The molecule has 0 radical (unpaired) electrons. The largest absolute Gasteiger partial charge is 0.464 e. The molecular weight excluding hydrogens is 238 g/mol. The number of nitrogens with one attached hydrogen (secondary N) is 1. The summed E-state index contributed by atoms with van der Waals surface area (Å²) in [5.74, 6) is 3.75. The Morgan fingerprint density at radius 2 is 2.11 bits per heavy atom. The summed E-state index contributed by atoms with van der Waals surface area (Å²) in [6.45, 7) is 5.76. The summed E-state index contributed by atoms with van der Waals surface area (Å²) < 4.78 is 5.59. The summed E-state index contributed by atoms with van der Waals surface area (Å²) in [4.78, 5) is 6.67. The van der Waals surface area contributed by atoms with Crippen LogP contribution in [-0.4, -0.2) is 18.6 Å². The molecule has 0 aliphatic carbocycles. The first kappa shape index (κ1) is 13.5. The highest BCUT2D eigenvalue weighted by Gasteiger charge is 2.07. The van der Waals surface area contributed by atoms with Crippen LogP contribution < -0.4 is 10.2 Å². The fourth-order valence-corrected chi connectivity index (χ4v) is 1.87. The van der Waals surface area contributed by atoms with Gasteiger partial charge < -0.3 is 14.6 Å². The molecule has 0 saturated heterocycles. The summed E-state index contributed by atoms with van der Waals surface area (Å²) in [5.41, 5.74) is 0. The Morgan fingerprint density at radius 1 is 1.26 bits per heavy atom. The highest BCUT2D eigenvalue weighted by molar-refractivity contribution is 5.46. The summed E-state index contributed by atoms with van der Waals surface area (Å²) >= 11 is 0. The quantitative estimate of drug-likeness (QED) is 0.862. The van der Waals surface area contributed by atoms with Crippen LogP contribution in [0.1, 0.15) is 24.9 Å². The van der Waals surface area contributed by atoms with E-state index in [1.165, 1.54) is 0 Å². The molecule has 2 aromatic rings. The normalized spacial score (nSPS) is 10.5. The number of furan rings is 1. The molecule has 2 aromatic heterocycles.